The van der Waals surface area contributed by atoms with Crippen molar-refractivity contribution in [2.24, 2.45) is 4.99 Å². The highest BCUT2D eigenvalue weighted by Gasteiger charge is 2.30. The van der Waals surface area contributed by atoms with Crippen LogP contribution in [0.15, 0.2) is 23.2 Å². The van der Waals surface area contributed by atoms with Crippen LogP contribution in [0.3, 0.4) is 0 Å². The third kappa shape index (κ3) is 3.57. The van der Waals surface area contributed by atoms with E-state index in [-0.39, 0.29) is 5.82 Å². The van der Waals surface area contributed by atoms with Gasteiger partial charge in [-0.25, -0.2) is 4.39 Å². The number of hydrogen-bond donors (Lipinski definition) is 2. The van der Waals surface area contributed by atoms with Crippen LogP contribution in [-0.2, 0) is 0 Å². The molecule has 1 saturated carbocycles. The molecule has 1 unspecified atom stereocenters. The third-order valence-corrected chi connectivity index (χ3v) is 7.69. The lowest BCUT2D eigenvalue weighted by Gasteiger charge is -2.26. The Kier molecular flexibility index (Phi) is 5.09. The number of rotatable bonds is 5. The standard InChI is InChI=1S/C22H29FN4S/c1-14(27-8-4-5-9-27)20-13-28-22(26-20)19-11-15-10-16(23)12-18(21(15)25-19)24-17-6-2-3-7-17/h10-12,14,17,20,24-25H,2-9,13H2,1H3/t14?,20-/m0/s1. The van der Waals surface area contributed by atoms with Crippen LogP contribution in [0.5, 0.6) is 0 Å². The summed E-state index contributed by atoms with van der Waals surface area (Å²) in [7, 11) is 0. The number of fused-ring (bicyclic) bond motifs is 1. The summed E-state index contributed by atoms with van der Waals surface area (Å²) in [5, 5.41) is 5.56. The van der Waals surface area contributed by atoms with E-state index in [1.165, 1.54) is 51.6 Å². The molecule has 2 N–H and O–H groups in total. The van der Waals surface area contributed by atoms with E-state index in [0.717, 1.165) is 33.1 Å². The van der Waals surface area contributed by atoms with Gasteiger partial charge in [0.2, 0.25) is 0 Å². The molecule has 2 aromatic rings. The molecule has 1 aliphatic carbocycles. The van der Waals surface area contributed by atoms with Gasteiger partial charge in [-0.3, -0.25) is 9.89 Å². The highest BCUT2D eigenvalue weighted by Crippen LogP contribution is 2.33. The molecule has 6 heteroatoms. The van der Waals surface area contributed by atoms with Crippen molar-refractivity contribution in [1.82, 2.24) is 9.88 Å². The maximum Gasteiger partial charge on any atom is 0.126 e. The quantitative estimate of drug-likeness (QED) is 0.742. The zero-order chi connectivity index (χ0) is 19.1. The van der Waals surface area contributed by atoms with Crippen molar-refractivity contribution in [2.75, 3.05) is 24.2 Å². The van der Waals surface area contributed by atoms with E-state index >= 15 is 0 Å². The molecular formula is C22H29FN4S. The monoisotopic (exact) mass is 400 g/mol. The van der Waals surface area contributed by atoms with Crippen molar-refractivity contribution in [3.05, 3.63) is 29.7 Å². The summed E-state index contributed by atoms with van der Waals surface area (Å²) in [5.74, 6) is 0.851. The first kappa shape index (κ1) is 18.5. The van der Waals surface area contributed by atoms with Crippen molar-refractivity contribution >= 4 is 33.4 Å². The molecule has 0 spiro atoms. The molecule has 5 rings (SSSR count). The van der Waals surface area contributed by atoms with Crippen LogP contribution < -0.4 is 5.32 Å². The minimum absolute atomic E-state index is 0.180. The number of likely N-dealkylation sites (tertiary alicyclic amines) is 1. The predicted octanol–water partition coefficient (Wildman–Crippen LogP) is 5.01. The van der Waals surface area contributed by atoms with Crippen molar-refractivity contribution in [3.63, 3.8) is 0 Å². The number of halogens is 1. The minimum atomic E-state index is -0.180. The SMILES string of the molecule is CC([C@@H]1CSC(c2cc3cc(F)cc(NC4CCCC4)c3[nH]2)=N1)N1CCCC1. The van der Waals surface area contributed by atoms with Crippen LogP contribution in [-0.4, -0.2) is 51.9 Å². The zero-order valence-corrected chi connectivity index (χ0v) is 17.3. The summed E-state index contributed by atoms with van der Waals surface area (Å²) >= 11 is 1.83. The van der Waals surface area contributed by atoms with Crippen molar-refractivity contribution in [3.8, 4) is 0 Å². The van der Waals surface area contributed by atoms with Gasteiger partial charge in [0.05, 0.1) is 22.9 Å². The first-order valence-electron chi connectivity index (χ1n) is 10.7. The Labute approximate surface area is 170 Å². The Morgan fingerprint density at radius 1 is 1.18 bits per heavy atom. The minimum Gasteiger partial charge on any atom is -0.381 e. The number of nitrogens with zero attached hydrogens (tertiary/aromatic N) is 2. The molecule has 1 aromatic heterocycles. The lowest BCUT2D eigenvalue weighted by molar-refractivity contribution is 0.237. The second-order valence-electron chi connectivity index (χ2n) is 8.52. The van der Waals surface area contributed by atoms with E-state index in [1.54, 1.807) is 12.1 Å². The van der Waals surface area contributed by atoms with E-state index in [1.807, 2.05) is 11.8 Å². The smallest absolute Gasteiger partial charge is 0.126 e. The molecule has 3 aliphatic rings. The molecule has 4 nitrogen and oxygen atoms in total. The number of anilines is 1. The molecule has 0 radical (unpaired) electrons. The van der Waals surface area contributed by atoms with Crippen LogP contribution in [0.4, 0.5) is 10.1 Å². The van der Waals surface area contributed by atoms with E-state index in [2.05, 4.69) is 28.2 Å². The number of aromatic amines is 1. The zero-order valence-electron chi connectivity index (χ0n) is 16.5. The molecule has 2 fully saturated rings. The van der Waals surface area contributed by atoms with Crippen molar-refractivity contribution < 1.29 is 4.39 Å². The number of hydrogen-bond acceptors (Lipinski definition) is 4. The van der Waals surface area contributed by atoms with Gasteiger partial charge in [0.15, 0.2) is 0 Å². The predicted molar refractivity (Wildman–Crippen MR) is 117 cm³/mol. The molecule has 150 valence electrons. The fourth-order valence-electron chi connectivity index (χ4n) is 4.90. The number of benzene rings is 1. The van der Waals surface area contributed by atoms with E-state index < -0.39 is 0 Å². The molecule has 0 amide bonds. The number of thioether (sulfide) groups is 1. The van der Waals surface area contributed by atoms with Gasteiger partial charge in [-0.15, -0.1) is 11.8 Å². The van der Waals surface area contributed by atoms with E-state index in [9.17, 15) is 4.39 Å². The summed E-state index contributed by atoms with van der Waals surface area (Å²) in [6, 6.07) is 6.61. The highest BCUT2D eigenvalue weighted by molar-refractivity contribution is 8.14. The first-order chi connectivity index (χ1) is 13.7. The Morgan fingerprint density at radius 2 is 1.96 bits per heavy atom. The average molecular weight is 401 g/mol. The topological polar surface area (TPSA) is 43.4 Å². The Bertz CT molecular complexity index is 880. The number of aromatic nitrogens is 1. The van der Waals surface area contributed by atoms with Crippen molar-refractivity contribution in [1.29, 1.82) is 0 Å². The Balaban J connectivity index is 1.40. The second-order valence-corrected chi connectivity index (χ2v) is 9.53. The summed E-state index contributed by atoms with van der Waals surface area (Å²) in [6.07, 6.45) is 7.48. The molecule has 28 heavy (non-hydrogen) atoms. The van der Waals surface area contributed by atoms with Gasteiger partial charge in [-0.1, -0.05) is 12.8 Å². The Morgan fingerprint density at radius 3 is 2.75 bits per heavy atom. The molecule has 0 bridgehead atoms. The maximum atomic E-state index is 14.2. The van der Waals surface area contributed by atoms with Crippen LogP contribution in [0.1, 0.15) is 51.1 Å². The van der Waals surface area contributed by atoms with Gasteiger partial charge < -0.3 is 10.3 Å². The lowest BCUT2D eigenvalue weighted by Crippen LogP contribution is -2.39. The van der Waals surface area contributed by atoms with Crippen LogP contribution in [0.2, 0.25) is 0 Å². The summed E-state index contributed by atoms with van der Waals surface area (Å²) in [4.78, 5) is 11.2. The molecule has 2 atom stereocenters. The third-order valence-electron chi connectivity index (χ3n) is 6.59. The normalized spacial score (nSPS) is 24.9. The largest absolute Gasteiger partial charge is 0.381 e. The second kappa shape index (κ2) is 7.71. The molecule has 2 aliphatic heterocycles. The summed E-state index contributed by atoms with van der Waals surface area (Å²) in [6.45, 7) is 4.72. The van der Waals surface area contributed by atoms with Gasteiger partial charge in [0, 0.05) is 23.2 Å². The van der Waals surface area contributed by atoms with Gasteiger partial charge in [0.25, 0.3) is 0 Å². The Hall–Kier alpha value is -1.53. The molecule has 1 saturated heterocycles. The fraction of sp³-hybridized carbons (Fsp3) is 0.591. The summed E-state index contributed by atoms with van der Waals surface area (Å²) < 4.78 is 14.2. The molecule has 3 heterocycles. The van der Waals surface area contributed by atoms with Crippen molar-refractivity contribution in [2.45, 2.75) is 63.6 Å². The van der Waals surface area contributed by atoms with Crippen LogP contribution in [0, 0.1) is 5.82 Å². The van der Waals surface area contributed by atoms with E-state index in [4.69, 9.17) is 4.99 Å². The molecule has 1 aromatic carbocycles. The van der Waals surface area contributed by atoms with Gasteiger partial charge in [-0.05, 0) is 63.9 Å². The first-order valence-corrected chi connectivity index (χ1v) is 11.7. The highest BCUT2D eigenvalue weighted by atomic mass is 32.2. The fourth-order valence-corrected chi connectivity index (χ4v) is 6.06. The van der Waals surface area contributed by atoms with Gasteiger partial charge >= 0.3 is 0 Å². The maximum absolute atomic E-state index is 14.2. The van der Waals surface area contributed by atoms with Gasteiger partial charge in [0.1, 0.15) is 10.9 Å². The number of nitrogens with one attached hydrogen (secondary N) is 2. The summed E-state index contributed by atoms with van der Waals surface area (Å²) in [5.41, 5.74) is 2.91. The van der Waals surface area contributed by atoms with Crippen LogP contribution in [0.25, 0.3) is 10.9 Å². The number of H-pyrrole nitrogens is 1. The van der Waals surface area contributed by atoms with Crippen LogP contribution >= 0.6 is 11.8 Å². The van der Waals surface area contributed by atoms with Gasteiger partial charge in [-0.2, -0.15) is 0 Å². The molecular weight excluding hydrogens is 371 g/mol. The van der Waals surface area contributed by atoms with E-state index in [0.29, 0.717) is 18.1 Å². The average Bonchev–Trinajstić information content (AvgIpc) is 3.46. The lowest BCUT2D eigenvalue weighted by atomic mass is 10.1. The number of aliphatic imine (C=N–C) groups is 1.